The smallest absolute Gasteiger partial charge is 0.317 e. The minimum Gasteiger partial charge on any atom is -0.480 e. The van der Waals surface area contributed by atoms with Gasteiger partial charge in [0.1, 0.15) is 0 Å². The van der Waals surface area contributed by atoms with Crippen LogP contribution in [0.1, 0.15) is 11.1 Å². The van der Waals surface area contributed by atoms with E-state index in [0.29, 0.717) is 6.54 Å². The molecule has 0 bridgehead atoms. The van der Waals surface area contributed by atoms with Crippen molar-refractivity contribution in [1.82, 2.24) is 5.32 Å². The van der Waals surface area contributed by atoms with Gasteiger partial charge in [-0.3, -0.25) is 4.79 Å². The molecule has 1 aromatic rings. The number of anilines is 1. The van der Waals surface area contributed by atoms with Crippen molar-refractivity contribution in [3.63, 3.8) is 0 Å². The fourth-order valence-electron chi connectivity index (χ4n) is 1.86. The molecular formula is C11H14N2O2. The van der Waals surface area contributed by atoms with Gasteiger partial charge in [0.2, 0.25) is 0 Å². The van der Waals surface area contributed by atoms with Crippen LogP contribution in [0.2, 0.25) is 0 Å². The second kappa shape index (κ2) is 4.31. The summed E-state index contributed by atoms with van der Waals surface area (Å²) in [4.78, 5) is 10.3. The van der Waals surface area contributed by atoms with Gasteiger partial charge in [-0.05, 0) is 17.5 Å². The maximum Gasteiger partial charge on any atom is 0.317 e. The molecule has 0 spiro atoms. The van der Waals surface area contributed by atoms with E-state index in [4.69, 9.17) is 5.11 Å². The fourth-order valence-corrected chi connectivity index (χ4v) is 1.86. The first kappa shape index (κ1) is 9.98. The van der Waals surface area contributed by atoms with Crippen molar-refractivity contribution in [3.05, 3.63) is 29.3 Å². The molecule has 0 saturated carbocycles. The molecule has 2 rings (SSSR count). The maximum absolute atomic E-state index is 10.3. The number of carboxylic acid groups (broad SMARTS) is 1. The van der Waals surface area contributed by atoms with Gasteiger partial charge < -0.3 is 15.7 Å². The van der Waals surface area contributed by atoms with Crippen molar-refractivity contribution >= 4 is 11.7 Å². The average Bonchev–Trinajstić information content (AvgIpc) is 2.65. The minimum absolute atomic E-state index is 0.00364. The lowest BCUT2D eigenvalue weighted by Crippen LogP contribution is -2.22. The van der Waals surface area contributed by atoms with Crippen LogP contribution in [0.5, 0.6) is 0 Å². The molecule has 1 heterocycles. The van der Waals surface area contributed by atoms with Crippen molar-refractivity contribution < 1.29 is 9.90 Å². The van der Waals surface area contributed by atoms with Crippen molar-refractivity contribution in [2.45, 2.75) is 13.0 Å². The summed E-state index contributed by atoms with van der Waals surface area (Å²) in [7, 11) is 0. The summed E-state index contributed by atoms with van der Waals surface area (Å²) < 4.78 is 0. The summed E-state index contributed by atoms with van der Waals surface area (Å²) in [6.45, 7) is 1.58. The van der Waals surface area contributed by atoms with Crippen LogP contribution in [0.3, 0.4) is 0 Å². The number of benzene rings is 1. The predicted octanol–water partition coefficient (Wildman–Crippen LogP) is 0.829. The zero-order valence-corrected chi connectivity index (χ0v) is 8.42. The summed E-state index contributed by atoms with van der Waals surface area (Å²) in [6.07, 6.45) is 1.06. The SMILES string of the molecule is O=C(O)CNCc1cccc2c1NCC2. The lowest BCUT2D eigenvalue weighted by Gasteiger charge is -2.08. The van der Waals surface area contributed by atoms with Crippen LogP contribution in [-0.4, -0.2) is 24.2 Å². The molecule has 1 aliphatic rings. The van der Waals surface area contributed by atoms with Crippen molar-refractivity contribution in [2.24, 2.45) is 0 Å². The Morgan fingerprint density at radius 3 is 3.20 bits per heavy atom. The molecule has 0 atom stereocenters. The molecule has 1 aliphatic heterocycles. The first-order valence-corrected chi connectivity index (χ1v) is 5.04. The topological polar surface area (TPSA) is 61.4 Å². The Kier molecular flexibility index (Phi) is 2.87. The molecule has 3 N–H and O–H groups in total. The van der Waals surface area contributed by atoms with E-state index < -0.39 is 5.97 Å². The normalized spacial score (nSPS) is 13.3. The largest absolute Gasteiger partial charge is 0.480 e. The molecule has 4 heteroatoms. The number of rotatable bonds is 4. The van der Waals surface area contributed by atoms with Crippen molar-refractivity contribution in [1.29, 1.82) is 0 Å². The summed E-state index contributed by atoms with van der Waals surface area (Å²) >= 11 is 0. The molecule has 15 heavy (non-hydrogen) atoms. The number of aliphatic carboxylic acids is 1. The first-order valence-electron chi connectivity index (χ1n) is 5.04. The van der Waals surface area contributed by atoms with Gasteiger partial charge in [0.15, 0.2) is 0 Å². The molecular weight excluding hydrogens is 192 g/mol. The highest BCUT2D eigenvalue weighted by atomic mass is 16.4. The predicted molar refractivity (Wildman–Crippen MR) is 58.0 cm³/mol. The van der Waals surface area contributed by atoms with Gasteiger partial charge in [-0.1, -0.05) is 18.2 Å². The van der Waals surface area contributed by atoms with Gasteiger partial charge >= 0.3 is 5.97 Å². The van der Waals surface area contributed by atoms with Gasteiger partial charge in [0, 0.05) is 18.8 Å². The van der Waals surface area contributed by atoms with Crippen molar-refractivity contribution in [2.75, 3.05) is 18.4 Å². The fraction of sp³-hybridized carbons (Fsp3) is 0.364. The monoisotopic (exact) mass is 206 g/mol. The quantitative estimate of drug-likeness (QED) is 0.683. The zero-order chi connectivity index (χ0) is 10.7. The second-order valence-electron chi connectivity index (χ2n) is 3.63. The van der Waals surface area contributed by atoms with Gasteiger partial charge in [0.05, 0.1) is 6.54 Å². The summed E-state index contributed by atoms with van der Waals surface area (Å²) in [5.74, 6) is -0.824. The second-order valence-corrected chi connectivity index (χ2v) is 3.63. The molecule has 4 nitrogen and oxygen atoms in total. The van der Waals surface area contributed by atoms with Crippen LogP contribution >= 0.6 is 0 Å². The maximum atomic E-state index is 10.3. The number of fused-ring (bicyclic) bond motifs is 1. The summed E-state index contributed by atoms with van der Waals surface area (Å²) in [5.41, 5.74) is 3.64. The third kappa shape index (κ3) is 2.27. The number of carbonyl (C=O) groups is 1. The number of para-hydroxylation sites is 1. The number of carboxylic acids is 1. The molecule has 0 unspecified atom stereocenters. The third-order valence-corrected chi connectivity index (χ3v) is 2.52. The Labute approximate surface area is 88.3 Å². The molecule has 80 valence electrons. The third-order valence-electron chi connectivity index (χ3n) is 2.52. The lowest BCUT2D eigenvalue weighted by molar-refractivity contribution is -0.135. The molecule has 0 saturated heterocycles. The Morgan fingerprint density at radius 2 is 2.40 bits per heavy atom. The van der Waals surface area contributed by atoms with E-state index in [9.17, 15) is 4.79 Å². The molecule has 0 aliphatic carbocycles. The van der Waals surface area contributed by atoms with Gasteiger partial charge in [0.25, 0.3) is 0 Å². The van der Waals surface area contributed by atoms with E-state index in [1.807, 2.05) is 12.1 Å². The van der Waals surface area contributed by atoms with Crippen LogP contribution in [0.15, 0.2) is 18.2 Å². The van der Waals surface area contributed by atoms with E-state index >= 15 is 0 Å². The van der Waals surface area contributed by atoms with Gasteiger partial charge in [-0.2, -0.15) is 0 Å². The Bertz CT molecular complexity index is 377. The molecule has 0 amide bonds. The van der Waals surface area contributed by atoms with Crippen LogP contribution in [0.25, 0.3) is 0 Å². The summed E-state index contributed by atoms with van der Waals surface area (Å²) in [5, 5.41) is 14.7. The van der Waals surface area contributed by atoms with E-state index in [2.05, 4.69) is 16.7 Å². The van der Waals surface area contributed by atoms with Gasteiger partial charge in [-0.15, -0.1) is 0 Å². The number of hydrogen-bond acceptors (Lipinski definition) is 3. The number of hydrogen-bond donors (Lipinski definition) is 3. The Morgan fingerprint density at radius 1 is 1.53 bits per heavy atom. The molecule has 0 radical (unpaired) electrons. The van der Waals surface area contributed by atoms with Gasteiger partial charge in [-0.25, -0.2) is 0 Å². The van der Waals surface area contributed by atoms with Crippen LogP contribution in [0.4, 0.5) is 5.69 Å². The zero-order valence-electron chi connectivity index (χ0n) is 8.42. The lowest BCUT2D eigenvalue weighted by atomic mass is 10.1. The van der Waals surface area contributed by atoms with Crippen LogP contribution in [0, 0.1) is 0 Å². The van der Waals surface area contributed by atoms with E-state index in [1.165, 1.54) is 11.3 Å². The standard InChI is InChI=1S/C11H14N2O2/c14-10(15)7-12-6-9-3-1-2-8-4-5-13-11(8)9/h1-3,12-13H,4-7H2,(H,14,15). The van der Waals surface area contributed by atoms with Crippen LogP contribution in [-0.2, 0) is 17.8 Å². The van der Waals surface area contributed by atoms with E-state index in [1.54, 1.807) is 0 Å². The van der Waals surface area contributed by atoms with Crippen LogP contribution < -0.4 is 10.6 Å². The minimum atomic E-state index is -0.824. The molecule has 0 fully saturated rings. The van der Waals surface area contributed by atoms with E-state index in [-0.39, 0.29) is 6.54 Å². The Balaban J connectivity index is 2.02. The average molecular weight is 206 g/mol. The van der Waals surface area contributed by atoms with Crippen molar-refractivity contribution in [3.8, 4) is 0 Å². The highest BCUT2D eigenvalue weighted by Crippen LogP contribution is 2.25. The first-order chi connectivity index (χ1) is 7.27. The molecule has 0 aromatic heterocycles. The highest BCUT2D eigenvalue weighted by molar-refractivity contribution is 5.69. The Hall–Kier alpha value is -1.55. The van der Waals surface area contributed by atoms with E-state index in [0.717, 1.165) is 18.5 Å². The molecule has 1 aromatic carbocycles. The highest BCUT2D eigenvalue weighted by Gasteiger charge is 2.12. The number of nitrogens with one attached hydrogen (secondary N) is 2. The summed E-state index contributed by atoms with van der Waals surface area (Å²) in [6, 6.07) is 6.14.